The Balaban J connectivity index is 1.38. The lowest BCUT2D eigenvalue weighted by atomic mass is 9.98. The van der Waals surface area contributed by atoms with Gasteiger partial charge in [-0.15, -0.1) is 11.3 Å². The largest absolute Gasteiger partial charge is 0.439 e. The first kappa shape index (κ1) is 27.0. The second-order valence-corrected chi connectivity index (χ2v) is 10.4. The molecule has 0 saturated heterocycles. The third kappa shape index (κ3) is 5.73. The summed E-state index contributed by atoms with van der Waals surface area (Å²) >= 11 is 7.48. The number of nitrogens with one attached hydrogen (secondary N) is 1. The highest BCUT2D eigenvalue weighted by molar-refractivity contribution is 7.10. The Labute approximate surface area is 238 Å². The van der Waals surface area contributed by atoms with Crippen LogP contribution in [0.2, 0.25) is 5.02 Å². The fraction of sp³-hybridized carbons (Fsp3) is 0.138. The number of carbonyl (C=O) groups is 2. The number of nitrogens with zero attached hydrogens (tertiary/aromatic N) is 4. The fourth-order valence-electron chi connectivity index (χ4n) is 4.19. The van der Waals surface area contributed by atoms with Crippen molar-refractivity contribution in [1.29, 1.82) is 0 Å². The van der Waals surface area contributed by atoms with Crippen LogP contribution < -0.4 is 10.7 Å². The van der Waals surface area contributed by atoms with Crippen molar-refractivity contribution in [2.45, 2.75) is 19.9 Å². The van der Waals surface area contributed by atoms with E-state index >= 15 is 0 Å². The molecule has 0 radical (unpaired) electrons. The fourth-order valence-corrected chi connectivity index (χ4v) is 5.11. The second-order valence-electron chi connectivity index (χ2n) is 8.96. The van der Waals surface area contributed by atoms with Gasteiger partial charge in [0.1, 0.15) is 5.82 Å². The molecule has 5 rings (SSSR count). The maximum atomic E-state index is 13.6. The topological polar surface area (TPSA) is 112 Å². The summed E-state index contributed by atoms with van der Waals surface area (Å²) in [6, 6.07) is 19.6. The molecular weight excluding hydrogens is 550 g/mol. The van der Waals surface area contributed by atoms with Gasteiger partial charge in [-0.25, -0.2) is 19.5 Å². The lowest BCUT2D eigenvalue weighted by Crippen LogP contribution is -2.45. The van der Waals surface area contributed by atoms with Crippen molar-refractivity contribution in [1.82, 2.24) is 20.0 Å². The van der Waals surface area contributed by atoms with Gasteiger partial charge in [0.2, 0.25) is 0 Å². The molecule has 202 valence electrons. The summed E-state index contributed by atoms with van der Waals surface area (Å²) in [5, 5.41) is 5.96. The summed E-state index contributed by atoms with van der Waals surface area (Å²) in [5.74, 6) is -0.555. The molecule has 3 heterocycles. The Morgan fingerprint density at radius 3 is 2.42 bits per heavy atom. The number of aromatic amines is 1. The predicted molar refractivity (Wildman–Crippen MR) is 155 cm³/mol. The molecule has 0 unspecified atom stereocenters. The first-order valence-electron chi connectivity index (χ1n) is 12.4. The molecule has 0 bridgehead atoms. The second kappa shape index (κ2) is 11.7. The number of thiophene rings is 1. The van der Waals surface area contributed by atoms with E-state index in [1.54, 1.807) is 30.6 Å². The van der Waals surface area contributed by atoms with Crippen molar-refractivity contribution in [2.75, 3.05) is 11.9 Å². The zero-order valence-corrected chi connectivity index (χ0v) is 23.2. The van der Waals surface area contributed by atoms with Gasteiger partial charge in [-0.1, -0.05) is 72.2 Å². The maximum absolute atomic E-state index is 13.6. The minimum absolute atomic E-state index is 0.188. The van der Waals surface area contributed by atoms with Crippen molar-refractivity contribution < 1.29 is 14.1 Å². The van der Waals surface area contributed by atoms with Crippen LogP contribution >= 0.6 is 22.9 Å². The number of pyridine rings is 1. The lowest BCUT2D eigenvalue weighted by Gasteiger charge is -2.26. The maximum Gasteiger partial charge on any atom is 0.439 e. The zero-order chi connectivity index (χ0) is 28.2. The quantitative estimate of drug-likeness (QED) is 0.246. The normalized spacial score (nSPS) is 10.9. The minimum atomic E-state index is -0.626. The first-order valence-corrected chi connectivity index (χ1v) is 13.6. The van der Waals surface area contributed by atoms with Crippen molar-refractivity contribution >= 4 is 40.7 Å². The molecule has 1 N–H and O–H groups in total. The molecule has 5 aromatic rings. The first-order chi connectivity index (χ1) is 19.3. The number of anilines is 1. The van der Waals surface area contributed by atoms with E-state index in [2.05, 4.69) is 19.6 Å². The number of carbonyl (C=O) groups excluding carboxylic acids is 2. The van der Waals surface area contributed by atoms with Gasteiger partial charge < -0.3 is 4.90 Å². The van der Waals surface area contributed by atoms with E-state index in [9.17, 15) is 14.4 Å². The van der Waals surface area contributed by atoms with Gasteiger partial charge in [0.25, 0.3) is 5.91 Å². The smallest absolute Gasteiger partial charge is 0.323 e. The van der Waals surface area contributed by atoms with E-state index < -0.39 is 17.7 Å². The Hall–Kier alpha value is -4.54. The number of H-pyrrole nitrogens is 1. The number of imide groups is 1. The molecule has 0 saturated carbocycles. The van der Waals surface area contributed by atoms with E-state index in [0.717, 1.165) is 38.5 Å². The number of hydrogen-bond acceptors (Lipinski definition) is 7. The summed E-state index contributed by atoms with van der Waals surface area (Å²) in [6.07, 6.45) is 2.20. The van der Waals surface area contributed by atoms with Crippen LogP contribution in [-0.4, -0.2) is 39.0 Å². The average molecular weight is 574 g/mol. The number of aromatic nitrogens is 3. The Kier molecular flexibility index (Phi) is 7.90. The average Bonchev–Trinajstić information content (AvgIpc) is 3.64. The molecule has 0 aliphatic carbocycles. The number of aryl methyl sites for hydroxylation is 1. The molecule has 9 nitrogen and oxygen atoms in total. The van der Waals surface area contributed by atoms with Crippen molar-refractivity contribution in [3.63, 3.8) is 0 Å². The highest BCUT2D eigenvalue weighted by Crippen LogP contribution is 2.30. The molecule has 0 atom stereocenters. The molecule has 0 aliphatic rings. The van der Waals surface area contributed by atoms with Crippen LogP contribution in [0.4, 0.5) is 10.6 Å². The molecule has 2 aromatic carbocycles. The summed E-state index contributed by atoms with van der Waals surface area (Å²) in [7, 11) is 1.63. The molecule has 0 aliphatic heterocycles. The number of amides is 3. The number of rotatable bonds is 7. The van der Waals surface area contributed by atoms with Gasteiger partial charge in [0.15, 0.2) is 5.82 Å². The zero-order valence-electron chi connectivity index (χ0n) is 21.6. The van der Waals surface area contributed by atoms with Crippen LogP contribution in [0, 0.1) is 0 Å². The molecule has 40 heavy (non-hydrogen) atoms. The summed E-state index contributed by atoms with van der Waals surface area (Å²) < 4.78 is 4.67. The van der Waals surface area contributed by atoms with E-state index in [0.29, 0.717) is 16.4 Å². The van der Waals surface area contributed by atoms with Crippen LogP contribution in [0.1, 0.15) is 27.7 Å². The van der Waals surface area contributed by atoms with Crippen molar-refractivity contribution in [2.24, 2.45) is 0 Å². The van der Waals surface area contributed by atoms with Gasteiger partial charge in [0, 0.05) is 35.6 Å². The Morgan fingerprint density at radius 2 is 1.80 bits per heavy atom. The van der Waals surface area contributed by atoms with E-state index in [-0.39, 0.29) is 12.4 Å². The summed E-state index contributed by atoms with van der Waals surface area (Å²) in [4.78, 5) is 49.0. The van der Waals surface area contributed by atoms with Crippen LogP contribution in [0.15, 0.2) is 87.6 Å². The molecule has 0 spiro atoms. The van der Waals surface area contributed by atoms with Gasteiger partial charge >= 0.3 is 11.8 Å². The summed E-state index contributed by atoms with van der Waals surface area (Å²) in [5.41, 5.74) is 3.75. The monoisotopic (exact) mass is 573 g/mol. The van der Waals surface area contributed by atoms with Gasteiger partial charge in [-0.3, -0.25) is 14.3 Å². The van der Waals surface area contributed by atoms with Crippen molar-refractivity contribution in [3.05, 3.63) is 110 Å². The summed E-state index contributed by atoms with van der Waals surface area (Å²) in [6.45, 7) is 2.26. The number of urea groups is 1. The van der Waals surface area contributed by atoms with Gasteiger partial charge in [-0.05, 0) is 41.3 Å². The highest BCUT2D eigenvalue weighted by atomic mass is 35.5. The van der Waals surface area contributed by atoms with Crippen LogP contribution in [0.5, 0.6) is 0 Å². The van der Waals surface area contributed by atoms with Crippen LogP contribution in [-0.2, 0) is 13.0 Å². The van der Waals surface area contributed by atoms with Crippen molar-refractivity contribution in [3.8, 4) is 22.5 Å². The highest BCUT2D eigenvalue weighted by Gasteiger charge is 2.29. The molecule has 11 heteroatoms. The standard InChI is InChI=1S/C29H24ClN5O4S/c1-3-22-14-20(17-40-22)27(36)35(25-13-12-21(30)15-31-25)29(38)34(2)16-18-8-10-19(11-9-18)23-6-4-5-7-24(23)26-32-28(37)39-33-26/h4-15,17H,3,16H2,1-2H3,(H,32,33,37). The van der Waals surface area contributed by atoms with Crippen LogP contribution in [0.25, 0.3) is 22.5 Å². The predicted octanol–water partition coefficient (Wildman–Crippen LogP) is 6.27. The molecule has 3 aromatic heterocycles. The minimum Gasteiger partial charge on any atom is -0.323 e. The molecular formula is C29H24ClN5O4S. The van der Waals surface area contributed by atoms with E-state index in [1.165, 1.54) is 22.4 Å². The number of halogens is 1. The third-order valence-corrected chi connectivity index (χ3v) is 7.52. The van der Waals surface area contributed by atoms with E-state index in [4.69, 9.17) is 11.6 Å². The van der Waals surface area contributed by atoms with E-state index in [1.807, 2.05) is 55.5 Å². The Bertz CT molecular complexity index is 1710. The van der Waals surface area contributed by atoms with Gasteiger partial charge in [-0.2, -0.15) is 0 Å². The van der Waals surface area contributed by atoms with Crippen LogP contribution in [0.3, 0.4) is 0 Å². The number of hydrogen-bond donors (Lipinski definition) is 1. The third-order valence-electron chi connectivity index (χ3n) is 6.22. The lowest BCUT2D eigenvalue weighted by molar-refractivity contribution is 0.0986. The number of benzene rings is 2. The van der Waals surface area contributed by atoms with Gasteiger partial charge in [0.05, 0.1) is 10.6 Å². The molecule has 0 fully saturated rings. The SMILES string of the molecule is CCc1cc(C(=O)N(C(=O)N(C)Cc2ccc(-c3ccccc3-c3noc(=O)[nH]3)cc2)c2ccc(Cl)cn2)cs1. The molecule has 3 amide bonds. The Morgan fingerprint density at radius 1 is 1.05 bits per heavy atom.